The Kier molecular flexibility index (Phi) is 6.01. The summed E-state index contributed by atoms with van der Waals surface area (Å²) in [5.74, 6) is 0.840. The highest BCUT2D eigenvalue weighted by atomic mass is 16.5. The van der Waals surface area contributed by atoms with Crippen LogP contribution >= 0.6 is 0 Å². The first-order valence-corrected chi connectivity index (χ1v) is 6.21. The molecule has 1 rings (SSSR count). The zero-order chi connectivity index (χ0) is 12.7. The Morgan fingerprint density at radius 3 is 2.35 bits per heavy atom. The van der Waals surface area contributed by atoms with Crippen molar-refractivity contribution >= 4 is 0 Å². The molecule has 3 heteroatoms. The maximum Gasteiger partial charge on any atom is 0.119 e. The van der Waals surface area contributed by atoms with Crippen LogP contribution < -0.4 is 4.74 Å². The molecule has 0 fully saturated rings. The van der Waals surface area contributed by atoms with E-state index < -0.39 is 6.10 Å². The fourth-order valence-corrected chi connectivity index (χ4v) is 1.61. The van der Waals surface area contributed by atoms with Crippen LogP contribution in [0.2, 0.25) is 0 Å². The Bertz CT molecular complexity index is 308. The Labute approximate surface area is 103 Å². The molecule has 0 heterocycles. The second-order valence-corrected chi connectivity index (χ2v) is 4.02. The molecule has 96 valence electrons. The highest BCUT2D eigenvalue weighted by molar-refractivity contribution is 5.28. The van der Waals surface area contributed by atoms with Gasteiger partial charge in [0.25, 0.3) is 0 Å². The highest BCUT2D eigenvalue weighted by Crippen LogP contribution is 2.21. The van der Waals surface area contributed by atoms with Gasteiger partial charge in [0, 0.05) is 6.61 Å². The molecule has 2 atom stereocenters. The Balaban J connectivity index is 2.60. The molecule has 0 aliphatic rings. The van der Waals surface area contributed by atoms with Gasteiger partial charge >= 0.3 is 0 Å². The first-order valence-electron chi connectivity index (χ1n) is 6.21. The van der Waals surface area contributed by atoms with Gasteiger partial charge in [0.2, 0.25) is 0 Å². The average molecular weight is 238 g/mol. The molecule has 17 heavy (non-hydrogen) atoms. The Morgan fingerprint density at radius 1 is 1.18 bits per heavy atom. The number of hydrogen-bond acceptors (Lipinski definition) is 3. The van der Waals surface area contributed by atoms with Crippen LogP contribution in [0.3, 0.4) is 0 Å². The topological polar surface area (TPSA) is 38.7 Å². The van der Waals surface area contributed by atoms with E-state index in [4.69, 9.17) is 9.47 Å². The van der Waals surface area contributed by atoms with Crippen LogP contribution in [0.1, 0.15) is 38.9 Å². The maximum absolute atomic E-state index is 10.0. The van der Waals surface area contributed by atoms with Crippen LogP contribution in [0.15, 0.2) is 24.3 Å². The standard InChI is InChI=1S/C14H22O3/c1-4-10-17-13-8-6-12(7-9-13)14(15)11(3)16-5-2/h6-9,11,14-15H,4-5,10H2,1-3H3. The van der Waals surface area contributed by atoms with Gasteiger partial charge in [-0.3, -0.25) is 0 Å². The third-order valence-corrected chi connectivity index (χ3v) is 2.57. The van der Waals surface area contributed by atoms with Gasteiger partial charge in [-0.05, 0) is 38.0 Å². The SMILES string of the molecule is CCCOc1ccc(C(O)C(C)OCC)cc1. The van der Waals surface area contributed by atoms with Gasteiger partial charge in [0.1, 0.15) is 11.9 Å². The van der Waals surface area contributed by atoms with Crippen LogP contribution in [0, 0.1) is 0 Å². The predicted molar refractivity (Wildman–Crippen MR) is 68.3 cm³/mol. The lowest BCUT2D eigenvalue weighted by atomic mass is 10.1. The van der Waals surface area contributed by atoms with Crippen molar-refractivity contribution in [3.8, 4) is 5.75 Å². The van der Waals surface area contributed by atoms with E-state index in [1.54, 1.807) is 0 Å². The van der Waals surface area contributed by atoms with Crippen molar-refractivity contribution in [2.24, 2.45) is 0 Å². The molecule has 0 amide bonds. The summed E-state index contributed by atoms with van der Waals surface area (Å²) < 4.78 is 10.9. The van der Waals surface area contributed by atoms with E-state index in [-0.39, 0.29) is 6.10 Å². The van der Waals surface area contributed by atoms with E-state index in [1.165, 1.54) is 0 Å². The van der Waals surface area contributed by atoms with Crippen LogP contribution in [-0.2, 0) is 4.74 Å². The van der Waals surface area contributed by atoms with E-state index in [0.717, 1.165) is 24.3 Å². The summed E-state index contributed by atoms with van der Waals surface area (Å²) in [6.07, 6.45) is 0.212. The smallest absolute Gasteiger partial charge is 0.119 e. The largest absolute Gasteiger partial charge is 0.494 e. The number of rotatable bonds is 7. The molecule has 1 aromatic rings. The molecule has 3 nitrogen and oxygen atoms in total. The van der Waals surface area contributed by atoms with Gasteiger partial charge in [-0.15, -0.1) is 0 Å². The van der Waals surface area contributed by atoms with Gasteiger partial charge in [0.15, 0.2) is 0 Å². The van der Waals surface area contributed by atoms with E-state index in [1.807, 2.05) is 38.1 Å². The highest BCUT2D eigenvalue weighted by Gasteiger charge is 2.16. The molecule has 0 aromatic heterocycles. The minimum atomic E-state index is -0.588. The summed E-state index contributed by atoms with van der Waals surface area (Å²) in [5.41, 5.74) is 0.856. The zero-order valence-electron chi connectivity index (χ0n) is 10.8. The van der Waals surface area contributed by atoms with Crippen LogP contribution in [-0.4, -0.2) is 24.4 Å². The summed E-state index contributed by atoms with van der Waals surface area (Å²) in [6.45, 7) is 7.19. The van der Waals surface area contributed by atoms with E-state index >= 15 is 0 Å². The number of aliphatic hydroxyl groups is 1. The molecule has 2 unspecified atom stereocenters. The van der Waals surface area contributed by atoms with Crippen molar-refractivity contribution in [3.63, 3.8) is 0 Å². The number of ether oxygens (including phenoxy) is 2. The number of benzene rings is 1. The summed E-state index contributed by atoms with van der Waals surface area (Å²) in [6, 6.07) is 7.52. The molecule has 0 saturated carbocycles. The van der Waals surface area contributed by atoms with Gasteiger partial charge in [0.05, 0.1) is 12.7 Å². The van der Waals surface area contributed by atoms with Gasteiger partial charge in [-0.2, -0.15) is 0 Å². The van der Waals surface area contributed by atoms with Crippen LogP contribution in [0.5, 0.6) is 5.75 Å². The minimum absolute atomic E-state index is 0.192. The van der Waals surface area contributed by atoms with E-state index in [0.29, 0.717) is 6.61 Å². The van der Waals surface area contributed by atoms with Crippen LogP contribution in [0.25, 0.3) is 0 Å². The summed E-state index contributed by atoms with van der Waals surface area (Å²) >= 11 is 0. The molecule has 0 saturated heterocycles. The molecule has 0 aliphatic carbocycles. The third kappa shape index (κ3) is 4.36. The molecular weight excluding hydrogens is 216 g/mol. The first-order chi connectivity index (χ1) is 8.19. The van der Waals surface area contributed by atoms with Crippen molar-refractivity contribution in [2.75, 3.05) is 13.2 Å². The molecular formula is C14H22O3. The summed E-state index contributed by atoms with van der Waals surface area (Å²) in [5, 5.41) is 10.0. The van der Waals surface area contributed by atoms with Gasteiger partial charge < -0.3 is 14.6 Å². The molecule has 1 N–H and O–H groups in total. The van der Waals surface area contributed by atoms with Crippen molar-refractivity contribution in [1.82, 2.24) is 0 Å². The minimum Gasteiger partial charge on any atom is -0.494 e. The Hall–Kier alpha value is -1.06. The molecule has 0 radical (unpaired) electrons. The predicted octanol–water partition coefficient (Wildman–Crippen LogP) is 2.93. The van der Waals surface area contributed by atoms with Gasteiger partial charge in [-0.1, -0.05) is 19.1 Å². The average Bonchev–Trinajstić information content (AvgIpc) is 2.36. The lowest BCUT2D eigenvalue weighted by Gasteiger charge is -2.19. The van der Waals surface area contributed by atoms with Crippen molar-refractivity contribution < 1.29 is 14.6 Å². The molecule has 0 aliphatic heterocycles. The lowest BCUT2D eigenvalue weighted by molar-refractivity contribution is -0.0227. The van der Waals surface area contributed by atoms with E-state index in [2.05, 4.69) is 6.92 Å². The zero-order valence-corrected chi connectivity index (χ0v) is 10.8. The second-order valence-electron chi connectivity index (χ2n) is 4.02. The van der Waals surface area contributed by atoms with Crippen LogP contribution in [0.4, 0.5) is 0 Å². The normalized spacial score (nSPS) is 14.4. The van der Waals surface area contributed by atoms with Crippen molar-refractivity contribution in [2.45, 2.75) is 39.4 Å². The van der Waals surface area contributed by atoms with Crippen molar-refractivity contribution in [1.29, 1.82) is 0 Å². The summed E-state index contributed by atoms with van der Waals surface area (Å²) in [7, 11) is 0. The fourth-order valence-electron chi connectivity index (χ4n) is 1.61. The second kappa shape index (κ2) is 7.30. The molecule has 1 aromatic carbocycles. The monoisotopic (exact) mass is 238 g/mol. The van der Waals surface area contributed by atoms with E-state index in [9.17, 15) is 5.11 Å². The van der Waals surface area contributed by atoms with Gasteiger partial charge in [-0.25, -0.2) is 0 Å². The third-order valence-electron chi connectivity index (χ3n) is 2.57. The Morgan fingerprint density at radius 2 is 1.82 bits per heavy atom. The summed E-state index contributed by atoms with van der Waals surface area (Å²) in [4.78, 5) is 0. The number of hydrogen-bond donors (Lipinski definition) is 1. The number of aliphatic hydroxyl groups excluding tert-OH is 1. The lowest BCUT2D eigenvalue weighted by Crippen LogP contribution is -2.18. The first kappa shape index (κ1) is 14.0. The van der Waals surface area contributed by atoms with Crippen molar-refractivity contribution in [3.05, 3.63) is 29.8 Å². The maximum atomic E-state index is 10.0. The quantitative estimate of drug-likeness (QED) is 0.793. The fraction of sp³-hybridized carbons (Fsp3) is 0.571. The molecule has 0 spiro atoms. The molecule has 0 bridgehead atoms.